The second-order valence-electron chi connectivity index (χ2n) is 8.27. The molecule has 31 heavy (non-hydrogen) atoms. The molecule has 1 fully saturated rings. The normalized spacial score (nSPS) is 17.6. The summed E-state index contributed by atoms with van der Waals surface area (Å²) in [6.45, 7) is 9.42. The van der Waals surface area contributed by atoms with Crippen LogP contribution >= 0.6 is 0 Å². The number of ether oxygens (including phenoxy) is 2. The summed E-state index contributed by atoms with van der Waals surface area (Å²) in [5.41, 5.74) is 5.00. The van der Waals surface area contributed by atoms with Crippen molar-refractivity contribution in [1.29, 1.82) is 0 Å². The summed E-state index contributed by atoms with van der Waals surface area (Å²) in [6, 6.07) is 12.6. The van der Waals surface area contributed by atoms with Gasteiger partial charge in [0.2, 0.25) is 0 Å². The number of aliphatic hydroxyl groups excluding tert-OH is 2. The van der Waals surface area contributed by atoms with Gasteiger partial charge in [-0.1, -0.05) is 18.2 Å². The Labute approximate surface area is 186 Å². The average molecular weight is 429 g/mol. The molecule has 0 bridgehead atoms. The maximum Gasteiger partial charge on any atom is 0.122 e. The maximum atomic E-state index is 9.67. The highest BCUT2D eigenvalue weighted by Gasteiger charge is 2.27. The van der Waals surface area contributed by atoms with Gasteiger partial charge in [-0.25, -0.2) is 0 Å². The van der Waals surface area contributed by atoms with Crippen LogP contribution in [0.25, 0.3) is 0 Å². The minimum atomic E-state index is 0.0161. The van der Waals surface area contributed by atoms with Crippen LogP contribution in [0.3, 0.4) is 0 Å². The van der Waals surface area contributed by atoms with E-state index in [0.717, 1.165) is 50.6 Å². The fourth-order valence-corrected chi connectivity index (χ4v) is 4.35. The molecule has 2 aromatic carbocycles. The molecule has 0 aliphatic carbocycles. The van der Waals surface area contributed by atoms with E-state index in [1.54, 1.807) is 7.11 Å². The van der Waals surface area contributed by atoms with E-state index in [0.29, 0.717) is 12.6 Å². The maximum absolute atomic E-state index is 9.67. The van der Waals surface area contributed by atoms with Gasteiger partial charge < -0.3 is 19.7 Å². The summed E-state index contributed by atoms with van der Waals surface area (Å²) >= 11 is 0. The molecular formula is C25H36N2O4. The summed E-state index contributed by atoms with van der Waals surface area (Å²) in [6.07, 6.45) is 0.768. The van der Waals surface area contributed by atoms with Gasteiger partial charge in [-0.15, -0.1) is 0 Å². The topological polar surface area (TPSA) is 65.4 Å². The van der Waals surface area contributed by atoms with Crippen LogP contribution in [0.4, 0.5) is 0 Å². The Morgan fingerprint density at radius 1 is 1.00 bits per heavy atom. The van der Waals surface area contributed by atoms with E-state index in [-0.39, 0.29) is 13.2 Å². The summed E-state index contributed by atoms with van der Waals surface area (Å²) in [5, 5.41) is 18.6. The second-order valence-corrected chi connectivity index (χ2v) is 8.27. The van der Waals surface area contributed by atoms with E-state index in [1.165, 1.54) is 22.3 Å². The Bertz CT molecular complexity index is 842. The van der Waals surface area contributed by atoms with Crippen molar-refractivity contribution in [3.05, 3.63) is 58.7 Å². The molecule has 3 rings (SSSR count). The lowest BCUT2D eigenvalue weighted by Gasteiger charge is -2.41. The molecule has 1 unspecified atom stereocenters. The molecule has 1 aliphatic rings. The third-order valence-electron chi connectivity index (χ3n) is 6.26. The summed E-state index contributed by atoms with van der Waals surface area (Å²) in [4.78, 5) is 4.95. The lowest BCUT2D eigenvalue weighted by Crippen LogP contribution is -2.52. The molecule has 6 heteroatoms. The van der Waals surface area contributed by atoms with Gasteiger partial charge in [0, 0.05) is 45.4 Å². The standard InChI is InChI=1S/C25H36N2O4/c1-19-20(2)25(30-3)8-7-22(19)17-27-11-10-26(18-23(27)9-12-28)16-21-5-4-6-24(15-21)31-14-13-29/h4-8,15,23,28-29H,9-14,16-18H2,1-3H3. The molecule has 2 N–H and O–H groups in total. The molecule has 1 atom stereocenters. The first kappa shape index (κ1) is 23.5. The molecule has 1 heterocycles. The molecule has 0 saturated carbocycles. The highest BCUT2D eigenvalue weighted by Crippen LogP contribution is 2.27. The number of benzene rings is 2. The van der Waals surface area contributed by atoms with E-state index < -0.39 is 0 Å². The Balaban J connectivity index is 1.65. The molecule has 1 aliphatic heterocycles. The number of hydrogen-bond donors (Lipinski definition) is 2. The number of methoxy groups -OCH3 is 1. The highest BCUT2D eigenvalue weighted by atomic mass is 16.5. The third kappa shape index (κ3) is 6.20. The highest BCUT2D eigenvalue weighted by molar-refractivity contribution is 5.43. The molecule has 1 saturated heterocycles. The largest absolute Gasteiger partial charge is 0.496 e. The molecule has 0 spiro atoms. The van der Waals surface area contributed by atoms with Crippen molar-refractivity contribution in [3.8, 4) is 11.5 Å². The van der Waals surface area contributed by atoms with Gasteiger partial charge in [0.1, 0.15) is 18.1 Å². The van der Waals surface area contributed by atoms with E-state index in [1.807, 2.05) is 18.2 Å². The van der Waals surface area contributed by atoms with Crippen LogP contribution < -0.4 is 9.47 Å². The molecule has 2 aromatic rings. The smallest absolute Gasteiger partial charge is 0.122 e. The van der Waals surface area contributed by atoms with Gasteiger partial charge >= 0.3 is 0 Å². The van der Waals surface area contributed by atoms with Crippen molar-refractivity contribution in [2.45, 2.75) is 39.4 Å². The predicted molar refractivity (Wildman–Crippen MR) is 123 cm³/mol. The second kappa shape index (κ2) is 11.5. The van der Waals surface area contributed by atoms with Crippen LogP contribution in [0.5, 0.6) is 11.5 Å². The SMILES string of the molecule is COc1ccc(CN2CCN(Cc3cccc(OCCO)c3)CC2CCO)c(C)c1C. The Morgan fingerprint density at radius 2 is 1.84 bits per heavy atom. The van der Waals surface area contributed by atoms with E-state index in [4.69, 9.17) is 14.6 Å². The molecule has 0 radical (unpaired) electrons. The summed E-state index contributed by atoms with van der Waals surface area (Å²) in [5.74, 6) is 1.73. The number of aliphatic hydroxyl groups is 2. The first-order valence-electron chi connectivity index (χ1n) is 11.1. The van der Waals surface area contributed by atoms with Crippen LogP contribution in [0, 0.1) is 13.8 Å². The van der Waals surface area contributed by atoms with E-state index >= 15 is 0 Å². The van der Waals surface area contributed by atoms with Crippen molar-refractivity contribution in [1.82, 2.24) is 9.80 Å². The number of rotatable bonds is 10. The molecule has 170 valence electrons. The molecule has 0 amide bonds. The Morgan fingerprint density at radius 3 is 2.58 bits per heavy atom. The molecule has 6 nitrogen and oxygen atoms in total. The van der Waals surface area contributed by atoms with Crippen molar-refractivity contribution >= 4 is 0 Å². The Hall–Kier alpha value is -2.12. The lowest BCUT2D eigenvalue weighted by atomic mass is 10.00. The number of hydrogen-bond acceptors (Lipinski definition) is 6. The minimum Gasteiger partial charge on any atom is -0.496 e. The van der Waals surface area contributed by atoms with Crippen molar-refractivity contribution in [3.63, 3.8) is 0 Å². The van der Waals surface area contributed by atoms with Crippen LogP contribution in [0.15, 0.2) is 36.4 Å². The first-order valence-corrected chi connectivity index (χ1v) is 11.1. The van der Waals surface area contributed by atoms with Crippen LogP contribution in [0.2, 0.25) is 0 Å². The zero-order valence-electron chi connectivity index (χ0n) is 19.0. The van der Waals surface area contributed by atoms with Crippen LogP contribution in [-0.2, 0) is 13.1 Å². The van der Waals surface area contributed by atoms with E-state index in [2.05, 4.69) is 41.8 Å². The third-order valence-corrected chi connectivity index (χ3v) is 6.26. The van der Waals surface area contributed by atoms with E-state index in [9.17, 15) is 5.11 Å². The predicted octanol–water partition coefficient (Wildman–Crippen LogP) is 2.75. The molecular weight excluding hydrogens is 392 g/mol. The monoisotopic (exact) mass is 428 g/mol. The number of piperazine rings is 1. The van der Waals surface area contributed by atoms with Crippen LogP contribution in [0.1, 0.15) is 28.7 Å². The van der Waals surface area contributed by atoms with Crippen molar-refractivity contribution in [2.24, 2.45) is 0 Å². The molecule has 0 aromatic heterocycles. The average Bonchev–Trinajstić information content (AvgIpc) is 2.77. The fourth-order valence-electron chi connectivity index (χ4n) is 4.35. The zero-order chi connectivity index (χ0) is 22.2. The van der Waals surface area contributed by atoms with Gasteiger partial charge in [-0.2, -0.15) is 0 Å². The fraction of sp³-hybridized carbons (Fsp3) is 0.520. The van der Waals surface area contributed by atoms with Crippen molar-refractivity contribution in [2.75, 3.05) is 46.6 Å². The van der Waals surface area contributed by atoms with Gasteiger partial charge in [0.15, 0.2) is 0 Å². The summed E-state index contributed by atoms with van der Waals surface area (Å²) < 4.78 is 11.0. The number of nitrogens with zero attached hydrogens (tertiary/aromatic N) is 2. The van der Waals surface area contributed by atoms with Gasteiger partial charge in [0.05, 0.1) is 13.7 Å². The van der Waals surface area contributed by atoms with Crippen LogP contribution in [-0.4, -0.2) is 72.6 Å². The van der Waals surface area contributed by atoms with Crippen molar-refractivity contribution < 1.29 is 19.7 Å². The lowest BCUT2D eigenvalue weighted by molar-refractivity contribution is 0.0498. The minimum absolute atomic E-state index is 0.0161. The quantitative estimate of drug-likeness (QED) is 0.607. The van der Waals surface area contributed by atoms with Gasteiger partial charge in [-0.3, -0.25) is 9.80 Å². The summed E-state index contributed by atoms with van der Waals surface area (Å²) in [7, 11) is 1.71. The first-order chi connectivity index (χ1) is 15.0. The Kier molecular flexibility index (Phi) is 8.72. The van der Waals surface area contributed by atoms with Gasteiger partial charge in [-0.05, 0) is 60.7 Å². The van der Waals surface area contributed by atoms with Gasteiger partial charge in [0.25, 0.3) is 0 Å². The zero-order valence-corrected chi connectivity index (χ0v) is 19.0.